The number of halogens is 4. The van der Waals surface area contributed by atoms with E-state index in [0.717, 1.165) is 12.1 Å². The van der Waals surface area contributed by atoms with Gasteiger partial charge in [-0.2, -0.15) is 18.4 Å². The Morgan fingerprint density at radius 3 is 2.60 bits per heavy atom. The highest BCUT2D eigenvalue weighted by Gasteiger charge is 2.38. The second kappa shape index (κ2) is 7.59. The summed E-state index contributed by atoms with van der Waals surface area (Å²) in [5.41, 5.74) is -2.66. The Bertz CT molecular complexity index is 1030. The smallest absolute Gasteiger partial charge is 0.378 e. The van der Waals surface area contributed by atoms with Crippen LogP contribution in [0.3, 0.4) is 0 Å². The zero-order valence-electron chi connectivity index (χ0n) is 16.1. The summed E-state index contributed by atoms with van der Waals surface area (Å²) in [6, 6.07) is 8.35. The van der Waals surface area contributed by atoms with E-state index in [4.69, 9.17) is 5.26 Å². The van der Waals surface area contributed by atoms with Crippen LogP contribution in [0.5, 0.6) is 0 Å². The highest BCUT2D eigenvalue weighted by atomic mass is 19.4. The van der Waals surface area contributed by atoms with Gasteiger partial charge >= 0.3 is 6.18 Å². The number of nitrogens with one attached hydrogen (secondary N) is 1. The molecule has 0 radical (unpaired) electrons. The predicted molar refractivity (Wildman–Crippen MR) is 101 cm³/mol. The zero-order chi connectivity index (χ0) is 22.3. The summed E-state index contributed by atoms with van der Waals surface area (Å²) in [6.45, 7) is 1.39. The highest BCUT2D eigenvalue weighted by Crippen LogP contribution is 2.34. The summed E-state index contributed by atoms with van der Waals surface area (Å²) in [5.74, 6) is -1.33. The molecule has 0 unspecified atom stereocenters. The molecule has 0 aromatic heterocycles. The second-order valence-corrected chi connectivity index (χ2v) is 7.24. The normalized spacial score (nSPS) is 16.0. The SMILES string of the molecule is CN1Cc2cc(F)ccc2N1C[C@](C)(O)C(=O)Nc1ccc(C#N)c(C(F)(F)F)c1. The van der Waals surface area contributed by atoms with E-state index in [9.17, 15) is 27.5 Å². The number of carbonyl (C=O) groups is 1. The lowest BCUT2D eigenvalue weighted by atomic mass is 10.0. The Morgan fingerprint density at radius 2 is 1.97 bits per heavy atom. The topological polar surface area (TPSA) is 79.6 Å². The predicted octanol–water partition coefficient (Wildman–Crippen LogP) is 3.27. The van der Waals surface area contributed by atoms with Crippen LogP contribution >= 0.6 is 0 Å². The minimum Gasteiger partial charge on any atom is -0.378 e. The Balaban J connectivity index is 1.80. The minimum absolute atomic E-state index is 0.205. The fraction of sp³-hybridized carbons (Fsp3) is 0.300. The molecule has 2 aromatic carbocycles. The summed E-state index contributed by atoms with van der Waals surface area (Å²) in [4.78, 5) is 12.6. The average Bonchev–Trinajstić information content (AvgIpc) is 2.94. The molecule has 0 bridgehead atoms. The van der Waals surface area contributed by atoms with Crippen LogP contribution in [-0.2, 0) is 17.5 Å². The van der Waals surface area contributed by atoms with Crippen LogP contribution in [0, 0.1) is 17.1 Å². The largest absolute Gasteiger partial charge is 0.417 e. The number of anilines is 2. The van der Waals surface area contributed by atoms with Crippen molar-refractivity contribution in [1.29, 1.82) is 5.26 Å². The van der Waals surface area contributed by atoms with Crippen LogP contribution in [0.25, 0.3) is 0 Å². The molecule has 1 heterocycles. The molecular formula is C20H18F4N4O2. The van der Waals surface area contributed by atoms with Gasteiger partial charge in [-0.15, -0.1) is 0 Å². The molecule has 0 aliphatic carbocycles. The van der Waals surface area contributed by atoms with Gasteiger partial charge in [-0.25, -0.2) is 9.40 Å². The number of fused-ring (bicyclic) bond motifs is 1. The molecule has 2 N–H and O–H groups in total. The second-order valence-electron chi connectivity index (χ2n) is 7.24. The molecule has 0 saturated heterocycles. The average molecular weight is 422 g/mol. The van der Waals surface area contributed by atoms with E-state index < -0.39 is 34.6 Å². The monoisotopic (exact) mass is 422 g/mol. The van der Waals surface area contributed by atoms with Gasteiger partial charge in [0.15, 0.2) is 5.60 Å². The number of hydrogen-bond acceptors (Lipinski definition) is 5. The first-order chi connectivity index (χ1) is 13.9. The van der Waals surface area contributed by atoms with Crippen molar-refractivity contribution >= 4 is 17.3 Å². The summed E-state index contributed by atoms with van der Waals surface area (Å²) in [6.07, 6.45) is -4.77. The van der Waals surface area contributed by atoms with Crippen LogP contribution in [0.2, 0.25) is 0 Å². The molecule has 30 heavy (non-hydrogen) atoms. The fourth-order valence-electron chi connectivity index (χ4n) is 3.24. The maximum absolute atomic E-state index is 13.4. The minimum atomic E-state index is -4.77. The Labute approximate surface area is 169 Å². The molecule has 158 valence electrons. The number of carbonyl (C=O) groups excluding carboxylic acids is 1. The van der Waals surface area contributed by atoms with Crippen molar-refractivity contribution in [2.24, 2.45) is 0 Å². The molecule has 10 heteroatoms. The number of hydrazine groups is 1. The highest BCUT2D eigenvalue weighted by molar-refractivity contribution is 5.97. The number of amides is 1. The van der Waals surface area contributed by atoms with Crippen LogP contribution in [-0.4, -0.2) is 35.2 Å². The third-order valence-corrected chi connectivity index (χ3v) is 4.78. The molecular weight excluding hydrogens is 404 g/mol. The number of rotatable bonds is 4. The van der Waals surface area contributed by atoms with E-state index in [-0.39, 0.29) is 12.2 Å². The van der Waals surface area contributed by atoms with Crippen molar-refractivity contribution in [3.8, 4) is 6.07 Å². The first-order valence-corrected chi connectivity index (χ1v) is 8.84. The molecule has 0 fully saturated rings. The molecule has 2 aromatic rings. The van der Waals surface area contributed by atoms with Gasteiger partial charge in [0, 0.05) is 19.3 Å². The van der Waals surface area contributed by atoms with Crippen molar-refractivity contribution in [1.82, 2.24) is 5.01 Å². The van der Waals surface area contributed by atoms with Gasteiger partial charge < -0.3 is 15.4 Å². The van der Waals surface area contributed by atoms with Gasteiger partial charge in [0.2, 0.25) is 0 Å². The lowest BCUT2D eigenvalue weighted by Gasteiger charge is -2.33. The van der Waals surface area contributed by atoms with E-state index >= 15 is 0 Å². The first-order valence-electron chi connectivity index (χ1n) is 8.84. The Hall–Kier alpha value is -3.16. The van der Waals surface area contributed by atoms with Crippen LogP contribution in [0.1, 0.15) is 23.6 Å². The number of alkyl halides is 3. The van der Waals surface area contributed by atoms with Gasteiger partial charge in [0.1, 0.15) is 5.82 Å². The van der Waals surface area contributed by atoms with E-state index in [1.165, 1.54) is 31.2 Å². The third kappa shape index (κ3) is 4.22. The molecule has 0 spiro atoms. The number of benzene rings is 2. The maximum Gasteiger partial charge on any atom is 0.417 e. The number of nitrogens with zero attached hydrogens (tertiary/aromatic N) is 3. The van der Waals surface area contributed by atoms with Crippen LogP contribution < -0.4 is 10.3 Å². The molecule has 1 aliphatic heterocycles. The summed E-state index contributed by atoms with van der Waals surface area (Å²) < 4.78 is 52.8. The van der Waals surface area contributed by atoms with E-state index in [1.807, 2.05) is 0 Å². The zero-order valence-corrected chi connectivity index (χ0v) is 16.1. The van der Waals surface area contributed by atoms with E-state index in [0.29, 0.717) is 23.9 Å². The van der Waals surface area contributed by atoms with Crippen molar-refractivity contribution in [2.75, 3.05) is 23.9 Å². The van der Waals surface area contributed by atoms with Gasteiger partial charge in [-0.3, -0.25) is 4.79 Å². The fourth-order valence-corrected chi connectivity index (χ4v) is 3.24. The van der Waals surface area contributed by atoms with Gasteiger partial charge in [0.05, 0.1) is 29.4 Å². The van der Waals surface area contributed by atoms with Crippen molar-refractivity contribution in [3.63, 3.8) is 0 Å². The summed E-state index contributed by atoms with van der Waals surface area (Å²) in [7, 11) is 1.70. The first kappa shape index (κ1) is 21.5. The number of nitriles is 1. The Kier molecular flexibility index (Phi) is 5.45. The van der Waals surface area contributed by atoms with E-state index in [1.54, 1.807) is 17.1 Å². The van der Waals surface area contributed by atoms with Gasteiger partial charge in [0.25, 0.3) is 5.91 Å². The third-order valence-electron chi connectivity index (χ3n) is 4.78. The molecule has 1 atom stereocenters. The van der Waals surface area contributed by atoms with Crippen LogP contribution in [0.15, 0.2) is 36.4 Å². The van der Waals surface area contributed by atoms with Gasteiger partial charge in [-0.1, -0.05) is 0 Å². The molecule has 1 aliphatic rings. The van der Waals surface area contributed by atoms with Crippen molar-refractivity contribution < 1.29 is 27.5 Å². The van der Waals surface area contributed by atoms with Crippen molar-refractivity contribution in [2.45, 2.75) is 25.2 Å². The number of aliphatic hydroxyl groups is 1. The van der Waals surface area contributed by atoms with Crippen LogP contribution in [0.4, 0.5) is 28.9 Å². The lowest BCUT2D eigenvalue weighted by Crippen LogP contribution is -2.52. The molecule has 6 nitrogen and oxygen atoms in total. The summed E-state index contributed by atoms with van der Waals surface area (Å²) in [5, 5.41) is 25.1. The lowest BCUT2D eigenvalue weighted by molar-refractivity contribution is -0.138. The summed E-state index contributed by atoms with van der Waals surface area (Å²) >= 11 is 0. The number of β-amino-alcohol motifs (C(OH)–C–C–N with tert-alkyl or cyclic N) is 1. The quantitative estimate of drug-likeness (QED) is 0.740. The number of hydrogen-bond donors (Lipinski definition) is 2. The van der Waals surface area contributed by atoms with E-state index in [2.05, 4.69) is 5.32 Å². The molecule has 1 amide bonds. The Morgan fingerprint density at radius 1 is 1.27 bits per heavy atom. The van der Waals surface area contributed by atoms with Crippen molar-refractivity contribution in [3.05, 3.63) is 58.9 Å². The maximum atomic E-state index is 13.4. The molecule has 3 rings (SSSR count). The standard InChI is InChI=1S/C20H18F4N4O2/c1-19(30,11-28-17-6-4-14(21)7-13(17)10-27(28)2)18(29)26-15-5-3-12(9-25)16(8-15)20(22,23)24/h3-8,30H,10-11H2,1-2H3,(H,26,29)/t19-/m0/s1. The van der Waals surface area contributed by atoms with Gasteiger partial charge in [-0.05, 0) is 48.9 Å². The molecule has 0 saturated carbocycles.